The largest absolute Gasteiger partial charge is 0.493 e. The standard InChI is InChI=1S/C31H45N3O4/c1-4-7-11-17-38-27-20-24(19-26(21-27)34-16-12-15-30(34)36)31(37)33-28(18-23-13-9-8-10-14-23)29(35)22-32-25(5-2)6-3/h8-10,13-14,19-21,25,28-29,32,35H,4-7,11-12,15-18,22H2,1-3H3,(H,33,37)/t28-,29+/m0/s1. The van der Waals surface area contributed by atoms with E-state index in [1.165, 1.54) is 0 Å². The van der Waals surface area contributed by atoms with E-state index in [4.69, 9.17) is 4.74 Å². The van der Waals surface area contributed by atoms with Crippen molar-refractivity contribution < 1.29 is 19.4 Å². The van der Waals surface area contributed by atoms with Gasteiger partial charge in [0.2, 0.25) is 5.91 Å². The number of unbranched alkanes of at least 4 members (excludes halogenated alkanes) is 2. The van der Waals surface area contributed by atoms with Crippen molar-refractivity contribution in [2.75, 3.05) is 24.6 Å². The molecule has 2 amide bonds. The first-order valence-corrected chi connectivity index (χ1v) is 14.3. The predicted octanol–water partition coefficient (Wildman–Crippen LogP) is 4.86. The van der Waals surface area contributed by atoms with Gasteiger partial charge < -0.3 is 25.4 Å². The van der Waals surface area contributed by atoms with Crippen molar-refractivity contribution >= 4 is 17.5 Å². The molecule has 2 aromatic rings. The molecule has 208 valence electrons. The van der Waals surface area contributed by atoms with Crippen LogP contribution in [0.2, 0.25) is 0 Å². The molecule has 0 unspecified atom stereocenters. The van der Waals surface area contributed by atoms with E-state index >= 15 is 0 Å². The Hall–Kier alpha value is -2.90. The van der Waals surface area contributed by atoms with E-state index in [0.717, 1.165) is 44.1 Å². The molecule has 38 heavy (non-hydrogen) atoms. The lowest BCUT2D eigenvalue weighted by Gasteiger charge is -2.27. The lowest BCUT2D eigenvalue weighted by molar-refractivity contribution is -0.117. The summed E-state index contributed by atoms with van der Waals surface area (Å²) in [5.41, 5.74) is 2.14. The first-order chi connectivity index (χ1) is 18.4. The van der Waals surface area contributed by atoms with Gasteiger partial charge in [0.15, 0.2) is 0 Å². The van der Waals surface area contributed by atoms with E-state index in [2.05, 4.69) is 31.4 Å². The van der Waals surface area contributed by atoms with Crippen molar-refractivity contribution in [1.82, 2.24) is 10.6 Å². The first kappa shape index (κ1) is 29.7. The summed E-state index contributed by atoms with van der Waals surface area (Å²) in [6.07, 6.45) is 6.09. The van der Waals surface area contributed by atoms with Crippen LogP contribution < -0.4 is 20.3 Å². The zero-order valence-electron chi connectivity index (χ0n) is 23.2. The fraction of sp³-hybridized carbons (Fsp3) is 0.548. The number of nitrogens with one attached hydrogen (secondary N) is 2. The number of hydrogen-bond donors (Lipinski definition) is 3. The van der Waals surface area contributed by atoms with Gasteiger partial charge in [0.05, 0.1) is 18.8 Å². The molecule has 1 saturated heterocycles. The molecule has 7 nitrogen and oxygen atoms in total. The molecule has 3 N–H and O–H groups in total. The molecule has 1 heterocycles. The second kappa shape index (κ2) is 15.5. The van der Waals surface area contributed by atoms with Crippen LogP contribution in [0.1, 0.15) is 81.6 Å². The lowest BCUT2D eigenvalue weighted by atomic mass is 10.00. The molecule has 0 aliphatic carbocycles. The first-order valence-electron chi connectivity index (χ1n) is 14.3. The number of anilines is 1. The van der Waals surface area contributed by atoms with Crippen LogP contribution in [0.5, 0.6) is 5.75 Å². The number of nitrogens with zero attached hydrogens (tertiary/aromatic N) is 1. The average molecular weight is 524 g/mol. The van der Waals surface area contributed by atoms with Gasteiger partial charge >= 0.3 is 0 Å². The lowest BCUT2D eigenvalue weighted by Crippen LogP contribution is -2.50. The summed E-state index contributed by atoms with van der Waals surface area (Å²) in [5.74, 6) is 0.350. The fourth-order valence-electron chi connectivity index (χ4n) is 4.83. The van der Waals surface area contributed by atoms with E-state index < -0.39 is 12.1 Å². The summed E-state index contributed by atoms with van der Waals surface area (Å²) >= 11 is 0. The van der Waals surface area contributed by atoms with Gasteiger partial charge in [0.25, 0.3) is 5.91 Å². The van der Waals surface area contributed by atoms with Crippen LogP contribution in [-0.2, 0) is 11.2 Å². The summed E-state index contributed by atoms with van der Waals surface area (Å²) < 4.78 is 5.99. The van der Waals surface area contributed by atoms with Crippen LogP contribution in [0.15, 0.2) is 48.5 Å². The molecule has 2 aromatic carbocycles. The van der Waals surface area contributed by atoms with Crippen LogP contribution in [0.3, 0.4) is 0 Å². The Morgan fingerprint density at radius 3 is 2.50 bits per heavy atom. The molecule has 0 saturated carbocycles. The molecular formula is C31H45N3O4. The highest BCUT2D eigenvalue weighted by atomic mass is 16.5. The SMILES string of the molecule is CCCCCOc1cc(C(=O)N[C@@H](Cc2ccccc2)[C@H](O)CNC(CC)CC)cc(N2CCCC2=O)c1. The number of aliphatic hydroxyl groups excluding tert-OH is 1. The minimum atomic E-state index is -0.770. The monoisotopic (exact) mass is 523 g/mol. The third kappa shape index (κ3) is 8.84. The van der Waals surface area contributed by atoms with E-state index in [9.17, 15) is 14.7 Å². The predicted molar refractivity (Wildman–Crippen MR) is 153 cm³/mol. The third-order valence-corrected chi connectivity index (χ3v) is 7.24. The van der Waals surface area contributed by atoms with Crippen molar-refractivity contribution in [2.24, 2.45) is 0 Å². The van der Waals surface area contributed by atoms with E-state index in [1.54, 1.807) is 17.0 Å². The number of hydrogen-bond acceptors (Lipinski definition) is 5. The normalized spacial score (nSPS) is 15.1. The van der Waals surface area contributed by atoms with Gasteiger partial charge in [0, 0.05) is 42.9 Å². The fourth-order valence-corrected chi connectivity index (χ4v) is 4.83. The molecular weight excluding hydrogens is 478 g/mol. The van der Waals surface area contributed by atoms with E-state index in [0.29, 0.717) is 55.6 Å². The molecule has 0 aromatic heterocycles. The summed E-state index contributed by atoms with van der Waals surface area (Å²) in [6, 6.07) is 15.0. The molecule has 2 atom stereocenters. The number of ether oxygens (including phenoxy) is 1. The van der Waals surface area contributed by atoms with Crippen LogP contribution in [0.25, 0.3) is 0 Å². The molecule has 1 fully saturated rings. The highest BCUT2D eigenvalue weighted by Gasteiger charge is 2.26. The smallest absolute Gasteiger partial charge is 0.251 e. The van der Waals surface area contributed by atoms with Crippen molar-refractivity contribution in [2.45, 2.75) is 90.3 Å². The molecule has 0 spiro atoms. The number of aliphatic hydroxyl groups is 1. The molecule has 0 radical (unpaired) electrons. The maximum atomic E-state index is 13.6. The van der Waals surface area contributed by atoms with Gasteiger partial charge in [-0.05, 0) is 49.8 Å². The Morgan fingerprint density at radius 1 is 1.08 bits per heavy atom. The number of amides is 2. The molecule has 1 aliphatic heterocycles. The maximum absolute atomic E-state index is 13.6. The molecule has 0 bridgehead atoms. The topological polar surface area (TPSA) is 90.9 Å². The van der Waals surface area contributed by atoms with Gasteiger partial charge in [-0.2, -0.15) is 0 Å². The van der Waals surface area contributed by atoms with Gasteiger partial charge in [-0.3, -0.25) is 9.59 Å². The van der Waals surface area contributed by atoms with E-state index in [-0.39, 0.29) is 11.8 Å². The van der Waals surface area contributed by atoms with Gasteiger partial charge in [-0.15, -0.1) is 0 Å². The Morgan fingerprint density at radius 2 is 1.84 bits per heavy atom. The van der Waals surface area contributed by atoms with Crippen molar-refractivity contribution in [3.8, 4) is 5.75 Å². The Kier molecular flexibility index (Phi) is 12.1. The number of carbonyl (C=O) groups is 2. The second-order valence-corrected chi connectivity index (χ2v) is 10.2. The van der Waals surface area contributed by atoms with Gasteiger partial charge in [-0.1, -0.05) is 63.9 Å². The quantitative estimate of drug-likeness (QED) is 0.273. The minimum Gasteiger partial charge on any atom is -0.493 e. The summed E-state index contributed by atoms with van der Waals surface area (Å²) in [6.45, 7) is 7.97. The highest BCUT2D eigenvalue weighted by Crippen LogP contribution is 2.28. The van der Waals surface area contributed by atoms with E-state index in [1.807, 2.05) is 36.4 Å². The zero-order valence-corrected chi connectivity index (χ0v) is 23.2. The second-order valence-electron chi connectivity index (χ2n) is 10.2. The Balaban J connectivity index is 1.81. The highest BCUT2D eigenvalue weighted by molar-refractivity contribution is 5.99. The summed E-state index contributed by atoms with van der Waals surface area (Å²) in [5, 5.41) is 17.6. The van der Waals surface area contributed by atoms with Crippen molar-refractivity contribution in [3.05, 3.63) is 59.7 Å². The van der Waals surface area contributed by atoms with Crippen LogP contribution in [-0.4, -0.2) is 54.8 Å². The summed E-state index contributed by atoms with van der Waals surface area (Å²) in [7, 11) is 0. The van der Waals surface area contributed by atoms with Crippen LogP contribution >= 0.6 is 0 Å². The Bertz CT molecular complexity index is 1010. The van der Waals surface area contributed by atoms with Gasteiger partial charge in [0.1, 0.15) is 5.75 Å². The summed E-state index contributed by atoms with van der Waals surface area (Å²) in [4.78, 5) is 27.8. The van der Waals surface area contributed by atoms with Crippen molar-refractivity contribution in [1.29, 1.82) is 0 Å². The third-order valence-electron chi connectivity index (χ3n) is 7.24. The van der Waals surface area contributed by atoms with Crippen LogP contribution in [0, 0.1) is 0 Å². The van der Waals surface area contributed by atoms with Crippen LogP contribution in [0.4, 0.5) is 5.69 Å². The average Bonchev–Trinajstić information content (AvgIpc) is 3.37. The Labute approximate surface area is 228 Å². The molecule has 1 aliphatic rings. The zero-order chi connectivity index (χ0) is 27.3. The van der Waals surface area contributed by atoms with Gasteiger partial charge in [-0.25, -0.2) is 0 Å². The number of rotatable bonds is 16. The number of carbonyl (C=O) groups excluding carboxylic acids is 2. The maximum Gasteiger partial charge on any atom is 0.251 e. The molecule has 3 rings (SSSR count). The molecule has 7 heteroatoms. The number of benzene rings is 2. The minimum absolute atomic E-state index is 0.0596. The van der Waals surface area contributed by atoms with Crippen molar-refractivity contribution in [3.63, 3.8) is 0 Å².